The quantitative estimate of drug-likeness (QED) is 0.693. The van der Waals surface area contributed by atoms with Gasteiger partial charge in [-0.15, -0.1) is 0 Å². The summed E-state index contributed by atoms with van der Waals surface area (Å²) in [4.78, 5) is 11.9. The van der Waals surface area contributed by atoms with Crippen molar-refractivity contribution in [2.24, 2.45) is 5.92 Å². The number of carbonyl (C=O) groups excluding carboxylic acids is 1. The molecule has 0 aliphatic carbocycles. The molecule has 1 heterocycles. The first kappa shape index (κ1) is 20.2. The van der Waals surface area contributed by atoms with Crippen LogP contribution in [0.3, 0.4) is 0 Å². The van der Waals surface area contributed by atoms with Gasteiger partial charge >= 0.3 is 5.97 Å². The fraction of sp³-hybridized carbons (Fsp3) is 0.286. The number of nitrogens with zero attached hydrogens (tertiary/aromatic N) is 1. The van der Waals surface area contributed by atoms with Gasteiger partial charge in [0, 0.05) is 13.1 Å². The number of carbonyl (C=O) groups is 1. The van der Waals surface area contributed by atoms with E-state index in [4.69, 9.17) is 4.74 Å². The second kappa shape index (κ2) is 9.12. The largest absolute Gasteiger partial charge is 0.461 e. The molecule has 5 nitrogen and oxygen atoms in total. The molecular weight excluding hydrogens is 381 g/mol. The van der Waals surface area contributed by atoms with Crippen molar-refractivity contribution >= 4 is 22.1 Å². The molecule has 1 aliphatic rings. The highest BCUT2D eigenvalue weighted by molar-refractivity contribution is 7.89. The van der Waals surface area contributed by atoms with Crippen LogP contribution in [0.1, 0.15) is 18.4 Å². The van der Waals surface area contributed by atoms with Gasteiger partial charge in [-0.3, -0.25) is 4.79 Å². The molecule has 0 unspecified atom stereocenters. The molecule has 1 fully saturated rings. The van der Waals surface area contributed by atoms with Gasteiger partial charge < -0.3 is 4.74 Å². The minimum atomic E-state index is -3.90. The molecule has 7 heteroatoms. The van der Waals surface area contributed by atoms with E-state index in [-0.39, 0.29) is 36.5 Å². The molecule has 0 amide bonds. The van der Waals surface area contributed by atoms with Crippen LogP contribution < -0.4 is 0 Å². The standard InChI is InChI=1S/C21H22FNO4S/c22-19-10-4-5-11-20(19)28(25,26)23-14-12-18(13-15-23)21(24)27-16-6-9-17-7-2-1-3-8-17/h1-11,18H,12-16H2/b9-6+. The minimum absolute atomic E-state index is 0.163. The summed E-state index contributed by atoms with van der Waals surface area (Å²) in [6, 6.07) is 15.0. The maximum atomic E-state index is 13.9. The Morgan fingerprint density at radius 2 is 1.71 bits per heavy atom. The fourth-order valence-electron chi connectivity index (χ4n) is 3.12. The van der Waals surface area contributed by atoms with Gasteiger partial charge in [0.1, 0.15) is 17.3 Å². The second-order valence-corrected chi connectivity index (χ2v) is 8.46. The number of ether oxygens (including phenoxy) is 1. The van der Waals surface area contributed by atoms with E-state index in [2.05, 4.69) is 0 Å². The number of benzene rings is 2. The molecule has 2 aromatic rings. The monoisotopic (exact) mass is 403 g/mol. The second-order valence-electron chi connectivity index (χ2n) is 6.55. The van der Waals surface area contributed by atoms with Gasteiger partial charge in [0.25, 0.3) is 0 Å². The van der Waals surface area contributed by atoms with E-state index in [9.17, 15) is 17.6 Å². The van der Waals surface area contributed by atoms with Crippen molar-refractivity contribution in [2.75, 3.05) is 19.7 Å². The summed E-state index contributed by atoms with van der Waals surface area (Å²) in [6.45, 7) is 0.494. The Hall–Kier alpha value is -2.51. The topological polar surface area (TPSA) is 63.7 Å². The fourth-order valence-corrected chi connectivity index (χ4v) is 4.66. The van der Waals surface area contributed by atoms with Crippen LogP contribution in [-0.4, -0.2) is 38.4 Å². The Balaban J connectivity index is 1.50. The van der Waals surface area contributed by atoms with E-state index in [0.717, 1.165) is 11.6 Å². The summed E-state index contributed by atoms with van der Waals surface area (Å²) in [6.07, 6.45) is 4.35. The molecule has 2 aromatic carbocycles. The Labute approximate surface area is 164 Å². The predicted molar refractivity (Wildman–Crippen MR) is 104 cm³/mol. The lowest BCUT2D eigenvalue weighted by atomic mass is 9.98. The third-order valence-corrected chi connectivity index (χ3v) is 6.61. The van der Waals surface area contributed by atoms with Crippen LogP contribution in [0.2, 0.25) is 0 Å². The van der Waals surface area contributed by atoms with E-state index < -0.39 is 15.8 Å². The molecule has 0 atom stereocenters. The molecule has 0 N–H and O–H groups in total. The van der Waals surface area contributed by atoms with Gasteiger partial charge in [-0.1, -0.05) is 48.5 Å². The number of rotatable bonds is 6. The van der Waals surface area contributed by atoms with Crippen molar-refractivity contribution in [2.45, 2.75) is 17.7 Å². The number of piperidine rings is 1. The lowest BCUT2D eigenvalue weighted by Gasteiger charge is -2.30. The van der Waals surface area contributed by atoms with Crippen molar-refractivity contribution in [3.63, 3.8) is 0 Å². The van der Waals surface area contributed by atoms with Gasteiger partial charge in [0.2, 0.25) is 10.0 Å². The summed E-state index contributed by atoms with van der Waals surface area (Å²) in [5.74, 6) is -1.45. The van der Waals surface area contributed by atoms with Crippen molar-refractivity contribution in [1.29, 1.82) is 0 Å². The van der Waals surface area contributed by atoms with Crippen LogP contribution in [0, 0.1) is 11.7 Å². The molecule has 0 bridgehead atoms. The molecular formula is C21H22FNO4S. The number of sulfonamides is 1. The maximum Gasteiger partial charge on any atom is 0.309 e. The molecule has 3 rings (SSSR count). The third kappa shape index (κ3) is 4.85. The average molecular weight is 403 g/mol. The molecule has 0 aromatic heterocycles. The van der Waals surface area contributed by atoms with Crippen LogP contribution >= 0.6 is 0 Å². The first-order valence-electron chi connectivity index (χ1n) is 9.11. The van der Waals surface area contributed by atoms with E-state index >= 15 is 0 Å². The average Bonchev–Trinajstić information content (AvgIpc) is 2.72. The first-order valence-corrected chi connectivity index (χ1v) is 10.6. The van der Waals surface area contributed by atoms with Gasteiger partial charge in [-0.25, -0.2) is 12.8 Å². The molecule has 28 heavy (non-hydrogen) atoms. The summed E-state index contributed by atoms with van der Waals surface area (Å²) >= 11 is 0. The normalized spacial score (nSPS) is 16.3. The highest BCUT2D eigenvalue weighted by atomic mass is 32.2. The zero-order chi connectivity index (χ0) is 20.0. The van der Waals surface area contributed by atoms with Crippen molar-refractivity contribution in [3.8, 4) is 0 Å². The van der Waals surface area contributed by atoms with E-state index in [0.29, 0.717) is 12.8 Å². The summed E-state index contributed by atoms with van der Waals surface area (Å²) < 4.78 is 45.5. The highest BCUT2D eigenvalue weighted by Gasteiger charge is 2.33. The summed E-state index contributed by atoms with van der Waals surface area (Å²) in [7, 11) is -3.90. The van der Waals surface area contributed by atoms with Crippen LogP contribution in [-0.2, 0) is 19.6 Å². The molecule has 148 valence electrons. The van der Waals surface area contributed by atoms with E-state index in [1.54, 1.807) is 6.08 Å². The summed E-state index contributed by atoms with van der Waals surface area (Å²) in [5.41, 5.74) is 1.02. The van der Waals surface area contributed by atoms with Gasteiger partial charge in [-0.05, 0) is 36.6 Å². The molecule has 1 aliphatic heterocycles. The van der Waals surface area contributed by atoms with E-state index in [1.165, 1.54) is 22.5 Å². The lowest BCUT2D eigenvalue weighted by Crippen LogP contribution is -2.40. The Morgan fingerprint density at radius 1 is 1.07 bits per heavy atom. The zero-order valence-electron chi connectivity index (χ0n) is 15.3. The Bertz CT molecular complexity index is 936. The van der Waals surface area contributed by atoms with Crippen LogP contribution in [0.5, 0.6) is 0 Å². The maximum absolute atomic E-state index is 13.9. The third-order valence-electron chi connectivity index (χ3n) is 4.67. The van der Waals surface area contributed by atoms with Crippen LogP contribution in [0.4, 0.5) is 4.39 Å². The summed E-state index contributed by atoms with van der Waals surface area (Å²) in [5, 5.41) is 0. The van der Waals surface area contributed by atoms with Crippen molar-refractivity contribution in [1.82, 2.24) is 4.31 Å². The van der Waals surface area contributed by atoms with Crippen LogP contribution in [0.15, 0.2) is 65.6 Å². The van der Waals surface area contributed by atoms with Gasteiger partial charge in [0.05, 0.1) is 5.92 Å². The molecule has 0 spiro atoms. The number of hydrogen-bond donors (Lipinski definition) is 0. The van der Waals surface area contributed by atoms with Gasteiger partial charge in [0.15, 0.2) is 0 Å². The highest BCUT2D eigenvalue weighted by Crippen LogP contribution is 2.25. The SMILES string of the molecule is O=C(OC/C=C/c1ccccc1)C1CCN(S(=O)(=O)c2ccccc2F)CC1. The van der Waals surface area contributed by atoms with Crippen molar-refractivity contribution in [3.05, 3.63) is 72.1 Å². The van der Waals surface area contributed by atoms with Gasteiger partial charge in [-0.2, -0.15) is 4.31 Å². The first-order chi connectivity index (χ1) is 13.5. The smallest absolute Gasteiger partial charge is 0.309 e. The van der Waals surface area contributed by atoms with Crippen molar-refractivity contribution < 1.29 is 22.3 Å². The predicted octanol–water partition coefficient (Wildman–Crippen LogP) is 3.48. The number of hydrogen-bond acceptors (Lipinski definition) is 4. The minimum Gasteiger partial charge on any atom is -0.461 e. The number of halogens is 1. The lowest BCUT2D eigenvalue weighted by molar-refractivity contribution is -0.148. The number of esters is 1. The Morgan fingerprint density at radius 3 is 2.39 bits per heavy atom. The van der Waals surface area contributed by atoms with Crippen LogP contribution in [0.25, 0.3) is 6.08 Å². The zero-order valence-corrected chi connectivity index (χ0v) is 16.1. The van der Waals surface area contributed by atoms with E-state index in [1.807, 2.05) is 36.4 Å². The molecule has 0 saturated carbocycles. The molecule has 1 saturated heterocycles. The Kier molecular flexibility index (Phi) is 6.59. The molecule has 0 radical (unpaired) electrons.